The third-order valence-corrected chi connectivity index (χ3v) is 2.89. The van der Waals surface area contributed by atoms with Crippen molar-refractivity contribution in [2.24, 2.45) is 0 Å². The van der Waals surface area contributed by atoms with E-state index in [2.05, 4.69) is 15.3 Å². The molecule has 0 fully saturated rings. The van der Waals surface area contributed by atoms with Gasteiger partial charge in [-0.3, -0.25) is 0 Å². The number of hydrogen-bond donors (Lipinski definition) is 2. The summed E-state index contributed by atoms with van der Waals surface area (Å²) in [5.41, 5.74) is 0.312. The van der Waals surface area contributed by atoms with Crippen molar-refractivity contribution in [2.45, 2.75) is 38.8 Å². The predicted octanol–water partition coefficient (Wildman–Crippen LogP) is 3.36. The van der Waals surface area contributed by atoms with E-state index in [1.54, 1.807) is 45.3 Å². The molecule has 0 aliphatic heterocycles. The van der Waals surface area contributed by atoms with Crippen LogP contribution < -0.4 is 5.32 Å². The number of nitrogens with one attached hydrogen (secondary N) is 2. The standard InChI is InChI=1S/C16H20FN3O2/c1-16(2,3)22-15(21)20-13(14-18-8-9-19-14)10-11-4-6-12(17)7-5-11/h4-9,13H,10H2,1-3H3,(H,18,19)(H,20,21)/t13-/m0/s1. The molecule has 0 saturated carbocycles. The maximum Gasteiger partial charge on any atom is 0.408 e. The summed E-state index contributed by atoms with van der Waals surface area (Å²) in [5.74, 6) is 0.327. The van der Waals surface area contributed by atoms with E-state index in [1.807, 2.05) is 0 Å². The number of carbonyl (C=O) groups is 1. The van der Waals surface area contributed by atoms with Crippen LogP contribution in [0.5, 0.6) is 0 Å². The molecule has 0 saturated heterocycles. The average Bonchev–Trinajstić information content (AvgIpc) is 2.92. The zero-order valence-electron chi connectivity index (χ0n) is 12.9. The third kappa shape index (κ3) is 4.87. The lowest BCUT2D eigenvalue weighted by Gasteiger charge is -2.23. The van der Waals surface area contributed by atoms with Crippen molar-refractivity contribution in [3.05, 3.63) is 53.9 Å². The van der Waals surface area contributed by atoms with Crippen molar-refractivity contribution in [3.8, 4) is 0 Å². The fraction of sp³-hybridized carbons (Fsp3) is 0.375. The van der Waals surface area contributed by atoms with E-state index in [9.17, 15) is 9.18 Å². The number of H-pyrrole nitrogens is 1. The van der Waals surface area contributed by atoms with Gasteiger partial charge in [0.05, 0.1) is 6.04 Å². The molecule has 0 aliphatic carbocycles. The Morgan fingerprint density at radius 3 is 2.59 bits per heavy atom. The van der Waals surface area contributed by atoms with Crippen molar-refractivity contribution in [1.82, 2.24) is 15.3 Å². The van der Waals surface area contributed by atoms with Crippen LogP contribution in [0.1, 0.15) is 38.2 Å². The van der Waals surface area contributed by atoms with E-state index in [4.69, 9.17) is 4.74 Å². The molecule has 2 N–H and O–H groups in total. The minimum Gasteiger partial charge on any atom is -0.444 e. The maximum absolute atomic E-state index is 13.0. The van der Waals surface area contributed by atoms with Gasteiger partial charge in [-0.1, -0.05) is 12.1 Å². The van der Waals surface area contributed by atoms with Crippen LogP contribution in [0.15, 0.2) is 36.7 Å². The first-order valence-electron chi connectivity index (χ1n) is 7.07. The van der Waals surface area contributed by atoms with Crippen molar-refractivity contribution in [2.75, 3.05) is 0 Å². The van der Waals surface area contributed by atoms with Gasteiger partial charge in [0.2, 0.25) is 0 Å². The monoisotopic (exact) mass is 305 g/mol. The smallest absolute Gasteiger partial charge is 0.408 e. The van der Waals surface area contributed by atoms with Crippen LogP contribution in [0.25, 0.3) is 0 Å². The number of carbonyl (C=O) groups excluding carboxylic acids is 1. The molecule has 2 rings (SSSR count). The van der Waals surface area contributed by atoms with Gasteiger partial charge in [-0.25, -0.2) is 14.2 Å². The largest absolute Gasteiger partial charge is 0.444 e. The number of aromatic nitrogens is 2. The molecule has 6 heteroatoms. The fourth-order valence-corrected chi connectivity index (χ4v) is 1.99. The highest BCUT2D eigenvalue weighted by atomic mass is 19.1. The molecular formula is C16H20FN3O2. The second-order valence-electron chi connectivity index (χ2n) is 6.00. The van der Waals surface area contributed by atoms with Crippen LogP contribution in [-0.4, -0.2) is 21.7 Å². The second kappa shape index (κ2) is 6.60. The number of ether oxygens (including phenoxy) is 1. The van der Waals surface area contributed by atoms with Crippen molar-refractivity contribution < 1.29 is 13.9 Å². The molecule has 5 nitrogen and oxygen atoms in total. The zero-order chi connectivity index (χ0) is 16.2. The van der Waals surface area contributed by atoms with Gasteiger partial charge < -0.3 is 15.0 Å². The van der Waals surface area contributed by atoms with Gasteiger partial charge in [0.25, 0.3) is 0 Å². The van der Waals surface area contributed by atoms with Gasteiger partial charge >= 0.3 is 6.09 Å². The van der Waals surface area contributed by atoms with E-state index in [0.29, 0.717) is 12.2 Å². The molecule has 0 spiro atoms. The summed E-state index contributed by atoms with van der Waals surface area (Å²) in [4.78, 5) is 19.1. The minimum absolute atomic E-state index is 0.293. The summed E-state index contributed by atoms with van der Waals surface area (Å²) in [7, 11) is 0. The van der Waals surface area contributed by atoms with Crippen LogP contribution in [0.2, 0.25) is 0 Å². The highest BCUT2D eigenvalue weighted by Gasteiger charge is 2.22. The molecule has 1 amide bonds. The van der Waals surface area contributed by atoms with Gasteiger partial charge in [-0.2, -0.15) is 0 Å². The molecular weight excluding hydrogens is 285 g/mol. The number of nitrogens with zero attached hydrogens (tertiary/aromatic N) is 1. The van der Waals surface area contributed by atoms with Gasteiger partial charge in [-0.05, 0) is 38.5 Å². The SMILES string of the molecule is CC(C)(C)OC(=O)N[C@@H](Cc1ccc(F)cc1)c1ncc[nH]1. The maximum atomic E-state index is 13.0. The molecule has 1 atom stereocenters. The summed E-state index contributed by atoms with van der Waals surface area (Å²) in [5, 5.41) is 2.79. The molecule has 0 aliphatic rings. The highest BCUT2D eigenvalue weighted by Crippen LogP contribution is 2.17. The van der Waals surface area contributed by atoms with E-state index >= 15 is 0 Å². The van der Waals surface area contributed by atoms with Crippen molar-refractivity contribution in [1.29, 1.82) is 0 Å². The number of aromatic amines is 1. The lowest BCUT2D eigenvalue weighted by atomic mass is 10.1. The Labute approximate surface area is 128 Å². The number of hydrogen-bond acceptors (Lipinski definition) is 3. The van der Waals surface area contributed by atoms with Gasteiger partial charge in [-0.15, -0.1) is 0 Å². The number of rotatable bonds is 4. The summed E-state index contributed by atoms with van der Waals surface area (Å²) in [6, 6.07) is 5.77. The van der Waals surface area contributed by atoms with E-state index in [-0.39, 0.29) is 11.9 Å². The lowest BCUT2D eigenvalue weighted by Crippen LogP contribution is -2.36. The molecule has 118 valence electrons. The fourth-order valence-electron chi connectivity index (χ4n) is 1.99. The summed E-state index contributed by atoms with van der Waals surface area (Å²) < 4.78 is 18.3. The summed E-state index contributed by atoms with van der Waals surface area (Å²) in [6.45, 7) is 5.40. The Bertz CT molecular complexity index is 603. The average molecular weight is 305 g/mol. The molecule has 22 heavy (non-hydrogen) atoms. The van der Waals surface area contributed by atoms with Crippen LogP contribution >= 0.6 is 0 Å². The number of amides is 1. The first-order chi connectivity index (χ1) is 10.3. The lowest BCUT2D eigenvalue weighted by molar-refractivity contribution is 0.0501. The van der Waals surface area contributed by atoms with Crippen LogP contribution in [-0.2, 0) is 11.2 Å². The van der Waals surface area contributed by atoms with Crippen LogP contribution in [0.4, 0.5) is 9.18 Å². The Kier molecular flexibility index (Phi) is 4.80. The number of imidazole rings is 1. The summed E-state index contributed by atoms with van der Waals surface area (Å²) >= 11 is 0. The first kappa shape index (κ1) is 16.0. The normalized spacial score (nSPS) is 12.7. The molecule has 0 unspecified atom stereocenters. The number of halogens is 1. The van der Waals surface area contributed by atoms with Crippen molar-refractivity contribution in [3.63, 3.8) is 0 Å². The van der Waals surface area contributed by atoms with E-state index in [1.165, 1.54) is 12.1 Å². The second-order valence-corrected chi connectivity index (χ2v) is 6.00. The number of benzene rings is 1. The number of alkyl carbamates (subject to hydrolysis) is 1. The van der Waals surface area contributed by atoms with E-state index in [0.717, 1.165) is 5.56 Å². The molecule has 2 aromatic rings. The zero-order valence-corrected chi connectivity index (χ0v) is 12.9. The molecule has 1 aromatic heterocycles. The van der Waals surface area contributed by atoms with Gasteiger partial charge in [0.1, 0.15) is 17.2 Å². The quantitative estimate of drug-likeness (QED) is 0.910. The van der Waals surface area contributed by atoms with Crippen LogP contribution in [0.3, 0.4) is 0 Å². The Morgan fingerprint density at radius 1 is 1.36 bits per heavy atom. The van der Waals surface area contributed by atoms with Crippen LogP contribution in [0, 0.1) is 5.82 Å². The molecule has 0 radical (unpaired) electrons. The Balaban J connectivity index is 2.10. The third-order valence-electron chi connectivity index (χ3n) is 2.89. The molecule has 0 bridgehead atoms. The van der Waals surface area contributed by atoms with Gasteiger partial charge in [0.15, 0.2) is 0 Å². The highest BCUT2D eigenvalue weighted by molar-refractivity contribution is 5.68. The Morgan fingerprint density at radius 2 is 2.05 bits per heavy atom. The minimum atomic E-state index is -0.576. The summed E-state index contributed by atoms with van der Waals surface area (Å²) in [6.07, 6.45) is 3.26. The van der Waals surface area contributed by atoms with Crippen molar-refractivity contribution >= 4 is 6.09 Å². The Hall–Kier alpha value is -2.37. The molecule has 1 heterocycles. The predicted molar refractivity (Wildman–Crippen MR) is 80.8 cm³/mol. The van der Waals surface area contributed by atoms with Gasteiger partial charge in [0, 0.05) is 18.8 Å². The first-order valence-corrected chi connectivity index (χ1v) is 7.07. The van der Waals surface area contributed by atoms with E-state index < -0.39 is 11.7 Å². The topological polar surface area (TPSA) is 67.0 Å². The molecule has 1 aromatic carbocycles.